The van der Waals surface area contributed by atoms with E-state index in [1.165, 1.54) is 10.6 Å². The first-order valence-electron chi connectivity index (χ1n) is 12.1. The van der Waals surface area contributed by atoms with Gasteiger partial charge in [0.1, 0.15) is 11.9 Å². The van der Waals surface area contributed by atoms with Gasteiger partial charge in [-0.15, -0.1) is 0 Å². The van der Waals surface area contributed by atoms with E-state index in [0.717, 1.165) is 35.4 Å². The maximum atomic E-state index is 12.2. The van der Waals surface area contributed by atoms with Crippen LogP contribution in [0.2, 0.25) is 0 Å². The van der Waals surface area contributed by atoms with E-state index >= 15 is 0 Å². The number of hydrogen-bond donors (Lipinski definition) is 1. The summed E-state index contributed by atoms with van der Waals surface area (Å²) < 4.78 is 33.6. The molecule has 2 aromatic heterocycles. The van der Waals surface area contributed by atoms with Gasteiger partial charge in [0.05, 0.1) is 24.2 Å². The molecule has 0 radical (unpaired) electrons. The Balaban J connectivity index is 1.56. The fourth-order valence-corrected chi connectivity index (χ4v) is 5.09. The lowest BCUT2D eigenvalue weighted by molar-refractivity contribution is -0.0461. The molecule has 11 heteroatoms. The maximum absolute atomic E-state index is 12.2. The molecule has 1 aliphatic rings. The minimum atomic E-state index is -3.40. The van der Waals surface area contributed by atoms with Crippen LogP contribution in [0.1, 0.15) is 5.56 Å². The Morgan fingerprint density at radius 1 is 1.11 bits per heavy atom. The Morgan fingerprint density at radius 2 is 1.86 bits per heavy atom. The number of fused-ring (bicyclic) bond motifs is 1. The van der Waals surface area contributed by atoms with Gasteiger partial charge in [-0.1, -0.05) is 36.4 Å². The van der Waals surface area contributed by atoms with Crippen molar-refractivity contribution in [1.82, 2.24) is 24.9 Å². The van der Waals surface area contributed by atoms with Crippen LogP contribution in [0.15, 0.2) is 73.1 Å². The Labute approximate surface area is 217 Å². The van der Waals surface area contributed by atoms with Gasteiger partial charge in [0.15, 0.2) is 0 Å². The van der Waals surface area contributed by atoms with Crippen LogP contribution in [0.5, 0.6) is 0 Å². The Kier molecular flexibility index (Phi) is 7.11. The zero-order valence-corrected chi connectivity index (χ0v) is 22.0. The molecule has 1 unspecified atom stereocenters. The number of hydrazine groups is 1. The van der Waals surface area contributed by atoms with Gasteiger partial charge >= 0.3 is 0 Å². The first-order valence-corrected chi connectivity index (χ1v) is 13.9. The summed E-state index contributed by atoms with van der Waals surface area (Å²) in [5, 5.41) is 8.42. The summed E-state index contributed by atoms with van der Waals surface area (Å²) >= 11 is 0. The third-order valence-electron chi connectivity index (χ3n) is 6.55. The van der Waals surface area contributed by atoms with Gasteiger partial charge in [-0.05, 0) is 29.8 Å². The molecule has 2 aromatic carbocycles. The summed E-state index contributed by atoms with van der Waals surface area (Å²) in [6.07, 6.45) is 4.80. The average molecular weight is 522 g/mol. The fraction of sp³-hybridized carbons (Fsp3) is 0.308. The van der Waals surface area contributed by atoms with Crippen LogP contribution >= 0.6 is 0 Å². The first-order chi connectivity index (χ1) is 17.9. The van der Waals surface area contributed by atoms with Gasteiger partial charge in [0, 0.05) is 51.6 Å². The lowest BCUT2D eigenvalue weighted by Crippen LogP contribution is -2.58. The van der Waals surface area contributed by atoms with Crippen molar-refractivity contribution in [2.75, 3.05) is 49.4 Å². The topological polar surface area (TPSA) is 95.8 Å². The quantitative estimate of drug-likeness (QED) is 0.378. The summed E-state index contributed by atoms with van der Waals surface area (Å²) in [7, 11) is -0.128. The number of anilines is 3. The summed E-state index contributed by atoms with van der Waals surface area (Å²) in [6, 6.07) is 19.5. The molecule has 1 saturated heterocycles. The van der Waals surface area contributed by atoms with Crippen LogP contribution in [0.4, 0.5) is 17.3 Å². The second kappa shape index (κ2) is 10.5. The molecule has 1 N–H and O–H groups in total. The van der Waals surface area contributed by atoms with E-state index < -0.39 is 10.0 Å². The van der Waals surface area contributed by atoms with E-state index in [4.69, 9.17) is 14.7 Å². The van der Waals surface area contributed by atoms with Crippen molar-refractivity contribution in [2.24, 2.45) is 0 Å². The van der Waals surface area contributed by atoms with Crippen molar-refractivity contribution < 1.29 is 13.2 Å². The lowest BCUT2D eigenvalue weighted by Gasteiger charge is -2.42. The molecule has 1 aliphatic heterocycles. The number of aromatic nitrogens is 3. The molecule has 37 heavy (non-hydrogen) atoms. The smallest absolute Gasteiger partial charge is 0.247 e. The van der Waals surface area contributed by atoms with E-state index in [1.54, 1.807) is 14.2 Å². The molecule has 10 nitrogen and oxygen atoms in total. The van der Waals surface area contributed by atoms with Crippen LogP contribution in [0, 0.1) is 0 Å². The van der Waals surface area contributed by atoms with Crippen molar-refractivity contribution in [2.45, 2.75) is 12.8 Å². The summed E-state index contributed by atoms with van der Waals surface area (Å²) in [5.74, 6) is 0.532. The monoisotopic (exact) mass is 521 g/mol. The van der Waals surface area contributed by atoms with Crippen molar-refractivity contribution in [3.8, 4) is 0 Å². The number of hydrogen-bond acceptors (Lipinski definition) is 8. The van der Waals surface area contributed by atoms with Crippen LogP contribution in [-0.4, -0.2) is 74.2 Å². The predicted molar refractivity (Wildman–Crippen MR) is 145 cm³/mol. The van der Waals surface area contributed by atoms with E-state index in [9.17, 15) is 8.42 Å². The Morgan fingerprint density at radius 3 is 2.62 bits per heavy atom. The molecule has 1 fully saturated rings. The third kappa shape index (κ3) is 5.16. The van der Waals surface area contributed by atoms with E-state index in [2.05, 4.69) is 10.3 Å². The molecule has 3 heterocycles. The highest BCUT2D eigenvalue weighted by Gasteiger charge is 2.30. The normalized spacial score (nSPS) is 16.7. The van der Waals surface area contributed by atoms with Gasteiger partial charge < -0.3 is 14.6 Å². The standard InChI is InChI=1S/C26H31N7O3S/c1-30(37(3,34)35)23-12-8-7-9-21(23)19-31-15-13-20-17-28-26(29-25(20)31)33(22-10-5-4-6-11-22)32-16-14-27-18-24(32)36-2/h4-13,15,17,24,27H,14,16,18-19H2,1-3H3. The van der Waals surface area contributed by atoms with Gasteiger partial charge in [-0.25, -0.2) is 18.4 Å². The fourth-order valence-electron chi connectivity index (χ4n) is 4.56. The van der Waals surface area contributed by atoms with Crippen molar-refractivity contribution in [3.63, 3.8) is 0 Å². The molecule has 194 valence electrons. The first kappa shape index (κ1) is 25.2. The highest BCUT2D eigenvalue weighted by Crippen LogP contribution is 2.29. The average Bonchev–Trinajstić information content (AvgIpc) is 3.31. The summed E-state index contributed by atoms with van der Waals surface area (Å²) in [4.78, 5) is 9.73. The minimum Gasteiger partial charge on any atom is -0.363 e. The SMILES string of the molecule is COC1CNCCN1N(c1ccccc1)c1ncc2ccn(Cc3ccccc3N(C)S(C)(=O)=O)c2n1. The van der Waals surface area contributed by atoms with E-state index in [0.29, 0.717) is 24.7 Å². The number of nitrogens with one attached hydrogen (secondary N) is 1. The number of benzene rings is 2. The molecule has 1 atom stereocenters. The van der Waals surface area contributed by atoms with Gasteiger partial charge in [0.2, 0.25) is 16.0 Å². The predicted octanol–water partition coefficient (Wildman–Crippen LogP) is 2.81. The number of rotatable bonds is 8. The number of sulfonamides is 1. The molecule has 4 aromatic rings. The zero-order chi connectivity index (χ0) is 26.0. The summed E-state index contributed by atoms with van der Waals surface area (Å²) in [5.41, 5.74) is 3.20. The number of piperazine rings is 1. The Bertz CT molecular complexity index is 1480. The molecule has 5 rings (SSSR count). The number of para-hydroxylation sites is 2. The van der Waals surface area contributed by atoms with Crippen LogP contribution in [0.3, 0.4) is 0 Å². The third-order valence-corrected chi connectivity index (χ3v) is 7.74. The van der Waals surface area contributed by atoms with Crippen LogP contribution in [-0.2, 0) is 21.3 Å². The summed E-state index contributed by atoms with van der Waals surface area (Å²) in [6.45, 7) is 2.67. The van der Waals surface area contributed by atoms with Gasteiger partial charge in [0.25, 0.3) is 0 Å². The van der Waals surface area contributed by atoms with E-state index in [-0.39, 0.29) is 6.23 Å². The largest absolute Gasteiger partial charge is 0.363 e. The van der Waals surface area contributed by atoms with Crippen molar-refractivity contribution in [1.29, 1.82) is 0 Å². The molecule has 0 spiro atoms. The van der Waals surface area contributed by atoms with Gasteiger partial charge in [-0.2, -0.15) is 9.99 Å². The van der Waals surface area contributed by atoms with Gasteiger partial charge in [-0.3, -0.25) is 4.31 Å². The molecular weight excluding hydrogens is 490 g/mol. The highest BCUT2D eigenvalue weighted by atomic mass is 32.2. The molecule has 0 aliphatic carbocycles. The second-order valence-electron chi connectivity index (χ2n) is 8.96. The molecule has 0 bridgehead atoms. The number of nitrogens with zero attached hydrogens (tertiary/aromatic N) is 6. The second-order valence-corrected chi connectivity index (χ2v) is 11.0. The molecular formula is C26H31N7O3S. The lowest BCUT2D eigenvalue weighted by atomic mass is 10.2. The highest BCUT2D eigenvalue weighted by molar-refractivity contribution is 7.92. The number of methoxy groups -OCH3 is 1. The number of ether oxygens (including phenoxy) is 1. The van der Waals surface area contributed by atoms with Crippen molar-refractivity contribution in [3.05, 3.63) is 78.6 Å². The van der Waals surface area contributed by atoms with Crippen molar-refractivity contribution >= 4 is 38.4 Å². The van der Waals surface area contributed by atoms with E-state index in [1.807, 2.05) is 82.6 Å². The minimum absolute atomic E-state index is 0.182. The van der Waals surface area contributed by atoms with Crippen LogP contribution < -0.4 is 14.6 Å². The molecule has 0 amide bonds. The zero-order valence-electron chi connectivity index (χ0n) is 21.2. The molecule has 0 saturated carbocycles. The Hall–Kier alpha value is -3.51. The maximum Gasteiger partial charge on any atom is 0.247 e. The van der Waals surface area contributed by atoms with Crippen LogP contribution in [0.25, 0.3) is 11.0 Å².